The largest absolute Gasteiger partial charge is 0.411 e. The third kappa shape index (κ3) is 4.72. The summed E-state index contributed by atoms with van der Waals surface area (Å²) in [6.07, 6.45) is -1.34. The second-order valence-corrected chi connectivity index (χ2v) is 5.49. The zero-order valence-electron chi connectivity index (χ0n) is 11.3. The summed E-state index contributed by atoms with van der Waals surface area (Å²) < 4.78 is 41.4. The van der Waals surface area contributed by atoms with Gasteiger partial charge in [0.1, 0.15) is 6.54 Å². The minimum Gasteiger partial charge on any atom is -0.411 e. The molecule has 0 aromatic carbocycles. The number of hydrogen-bond acceptors (Lipinski definition) is 6. The first-order valence-corrected chi connectivity index (χ1v) is 6.98. The van der Waals surface area contributed by atoms with Crippen molar-refractivity contribution in [1.82, 2.24) is 20.5 Å². The average Bonchev–Trinajstić information content (AvgIpc) is 2.93. The van der Waals surface area contributed by atoms with E-state index in [0.717, 1.165) is 11.8 Å². The van der Waals surface area contributed by atoms with Crippen LogP contribution in [0.2, 0.25) is 0 Å². The van der Waals surface area contributed by atoms with Crippen LogP contribution in [0.4, 0.5) is 13.2 Å². The number of carbonyl (C=O) groups is 1. The Kier molecular flexibility index (Phi) is 5.01. The lowest BCUT2D eigenvalue weighted by Crippen LogP contribution is -2.37. The van der Waals surface area contributed by atoms with E-state index in [2.05, 4.69) is 15.2 Å². The summed E-state index contributed by atoms with van der Waals surface area (Å²) in [6.45, 7) is 0.0789. The Morgan fingerprint density at radius 2 is 2.05 bits per heavy atom. The van der Waals surface area contributed by atoms with Crippen molar-refractivity contribution in [2.75, 3.05) is 6.54 Å². The van der Waals surface area contributed by atoms with E-state index in [1.807, 2.05) is 0 Å². The van der Waals surface area contributed by atoms with Crippen molar-refractivity contribution in [2.24, 2.45) is 0 Å². The first-order valence-electron chi connectivity index (χ1n) is 6.10. The Morgan fingerprint density at radius 3 is 2.68 bits per heavy atom. The van der Waals surface area contributed by atoms with Crippen LogP contribution >= 0.6 is 11.8 Å². The number of rotatable bonds is 5. The molecule has 0 aliphatic rings. The quantitative estimate of drug-likeness (QED) is 0.846. The highest BCUT2D eigenvalue weighted by atomic mass is 32.2. The first-order chi connectivity index (χ1) is 10.3. The Balaban J connectivity index is 1.94. The Morgan fingerprint density at radius 1 is 1.36 bits per heavy atom. The summed E-state index contributed by atoms with van der Waals surface area (Å²) in [5, 5.41) is 8.65. The second-order valence-electron chi connectivity index (χ2n) is 4.20. The normalized spacial score (nSPS) is 12.9. The standard InChI is InChI=1S/C12H11F3N4O2S/c1-7(9(20)17-6-12(13,14)15)22-11-19-18-10(21-11)8-2-4-16-5-3-8/h2-5,7H,6H2,1H3,(H,17,20). The molecule has 118 valence electrons. The van der Waals surface area contributed by atoms with Crippen molar-refractivity contribution in [3.05, 3.63) is 24.5 Å². The summed E-state index contributed by atoms with van der Waals surface area (Å²) in [5.41, 5.74) is 0.656. The Bertz CT molecular complexity index is 633. The molecule has 1 amide bonds. The van der Waals surface area contributed by atoms with Gasteiger partial charge in [0.2, 0.25) is 11.8 Å². The van der Waals surface area contributed by atoms with Crippen molar-refractivity contribution >= 4 is 17.7 Å². The summed E-state index contributed by atoms with van der Waals surface area (Å²) in [6, 6.07) is 3.34. The smallest absolute Gasteiger partial charge is 0.405 e. The number of carbonyl (C=O) groups excluding carboxylic acids is 1. The van der Waals surface area contributed by atoms with Gasteiger partial charge in [-0.25, -0.2) is 0 Å². The summed E-state index contributed by atoms with van der Waals surface area (Å²) in [7, 11) is 0. The molecule has 22 heavy (non-hydrogen) atoms. The van der Waals surface area contributed by atoms with Crippen LogP contribution in [0.1, 0.15) is 6.92 Å². The summed E-state index contributed by atoms with van der Waals surface area (Å²) in [5.74, 6) is -0.515. The van der Waals surface area contributed by atoms with Crippen LogP contribution in [-0.4, -0.2) is 39.1 Å². The van der Waals surface area contributed by atoms with Crippen molar-refractivity contribution in [2.45, 2.75) is 23.6 Å². The lowest BCUT2D eigenvalue weighted by Gasteiger charge is -2.11. The lowest BCUT2D eigenvalue weighted by molar-refractivity contribution is -0.137. The fraction of sp³-hybridized carbons (Fsp3) is 0.333. The number of alkyl halides is 3. The maximum absolute atomic E-state index is 12.0. The average molecular weight is 332 g/mol. The minimum absolute atomic E-state index is 0.0986. The Labute approximate surface area is 127 Å². The van der Waals surface area contributed by atoms with Gasteiger partial charge in [0, 0.05) is 18.0 Å². The van der Waals surface area contributed by atoms with Crippen LogP contribution < -0.4 is 5.32 Å². The van der Waals surface area contributed by atoms with Gasteiger partial charge in [0.25, 0.3) is 5.22 Å². The number of hydrogen-bond donors (Lipinski definition) is 1. The fourth-order valence-electron chi connectivity index (χ4n) is 1.40. The van der Waals surface area contributed by atoms with E-state index in [1.54, 1.807) is 29.8 Å². The third-order valence-corrected chi connectivity index (χ3v) is 3.38. The molecule has 1 N–H and O–H groups in total. The van der Waals surface area contributed by atoms with Crippen LogP contribution in [-0.2, 0) is 4.79 Å². The molecule has 0 aliphatic carbocycles. The topological polar surface area (TPSA) is 80.9 Å². The van der Waals surface area contributed by atoms with Crippen molar-refractivity contribution in [3.63, 3.8) is 0 Å². The van der Waals surface area contributed by atoms with Gasteiger partial charge in [-0.2, -0.15) is 13.2 Å². The van der Waals surface area contributed by atoms with E-state index < -0.39 is 23.9 Å². The van der Waals surface area contributed by atoms with Crippen molar-refractivity contribution in [3.8, 4) is 11.5 Å². The van der Waals surface area contributed by atoms with Crippen LogP contribution in [0.15, 0.2) is 34.2 Å². The summed E-state index contributed by atoms with van der Waals surface area (Å²) >= 11 is 0.882. The molecule has 2 aromatic rings. The predicted molar refractivity (Wildman–Crippen MR) is 71.9 cm³/mol. The lowest BCUT2D eigenvalue weighted by atomic mass is 10.3. The number of amides is 1. The van der Waals surface area contributed by atoms with E-state index in [9.17, 15) is 18.0 Å². The van der Waals surface area contributed by atoms with E-state index in [4.69, 9.17) is 4.42 Å². The van der Waals surface area contributed by atoms with Crippen LogP contribution in [0.3, 0.4) is 0 Å². The molecule has 2 heterocycles. The molecule has 0 aliphatic heterocycles. The number of aromatic nitrogens is 3. The molecule has 1 atom stereocenters. The van der Waals surface area contributed by atoms with Gasteiger partial charge in [0.05, 0.1) is 5.25 Å². The van der Waals surface area contributed by atoms with Gasteiger partial charge < -0.3 is 9.73 Å². The van der Waals surface area contributed by atoms with Crippen molar-refractivity contribution in [1.29, 1.82) is 0 Å². The zero-order valence-corrected chi connectivity index (χ0v) is 12.1. The molecule has 10 heteroatoms. The number of halogens is 3. The zero-order chi connectivity index (χ0) is 16.2. The molecule has 0 bridgehead atoms. The summed E-state index contributed by atoms with van der Waals surface area (Å²) in [4.78, 5) is 15.4. The van der Waals surface area contributed by atoms with Gasteiger partial charge in [-0.15, -0.1) is 10.2 Å². The van der Waals surface area contributed by atoms with Crippen LogP contribution in [0, 0.1) is 0 Å². The molecule has 0 spiro atoms. The number of pyridine rings is 1. The van der Waals surface area contributed by atoms with Crippen molar-refractivity contribution < 1.29 is 22.4 Å². The highest BCUT2D eigenvalue weighted by molar-refractivity contribution is 8.00. The van der Waals surface area contributed by atoms with Gasteiger partial charge in [-0.1, -0.05) is 11.8 Å². The molecule has 2 rings (SSSR count). The third-order valence-electron chi connectivity index (χ3n) is 2.44. The molecule has 0 saturated carbocycles. The molecule has 6 nitrogen and oxygen atoms in total. The molecule has 0 radical (unpaired) electrons. The van der Waals surface area contributed by atoms with E-state index in [1.165, 1.54) is 6.92 Å². The van der Waals surface area contributed by atoms with Crippen LogP contribution in [0.5, 0.6) is 0 Å². The number of thioether (sulfide) groups is 1. The maximum Gasteiger partial charge on any atom is 0.405 e. The molecular weight excluding hydrogens is 321 g/mol. The monoisotopic (exact) mass is 332 g/mol. The predicted octanol–water partition coefficient (Wildman–Crippen LogP) is 2.29. The Hall–Kier alpha value is -2.10. The first kappa shape index (κ1) is 16.3. The van der Waals surface area contributed by atoms with Gasteiger partial charge >= 0.3 is 6.18 Å². The molecular formula is C12H11F3N4O2S. The highest BCUT2D eigenvalue weighted by Crippen LogP contribution is 2.26. The van der Waals surface area contributed by atoms with Gasteiger partial charge in [0.15, 0.2) is 0 Å². The van der Waals surface area contributed by atoms with E-state index in [-0.39, 0.29) is 11.1 Å². The van der Waals surface area contributed by atoms with E-state index in [0.29, 0.717) is 5.56 Å². The number of nitrogens with one attached hydrogen (secondary N) is 1. The van der Waals surface area contributed by atoms with Gasteiger partial charge in [-0.05, 0) is 19.1 Å². The molecule has 2 aromatic heterocycles. The maximum atomic E-state index is 12.0. The van der Waals surface area contributed by atoms with Gasteiger partial charge in [-0.3, -0.25) is 9.78 Å². The minimum atomic E-state index is -4.45. The SMILES string of the molecule is CC(Sc1nnc(-c2ccncc2)o1)C(=O)NCC(F)(F)F. The molecule has 0 saturated heterocycles. The van der Waals surface area contributed by atoms with Crippen LogP contribution in [0.25, 0.3) is 11.5 Å². The highest BCUT2D eigenvalue weighted by Gasteiger charge is 2.29. The molecule has 0 fully saturated rings. The molecule has 1 unspecified atom stereocenters. The second kappa shape index (κ2) is 6.77. The number of nitrogens with zero attached hydrogens (tertiary/aromatic N) is 3. The fourth-order valence-corrected chi connectivity index (χ4v) is 2.11. The van der Waals surface area contributed by atoms with E-state index >= 15 is 0 Å².